The molecule has 1 atom stereocenters. The van der Waals surface area contributed by atoms with E-state index in [-0.39, 0.29) is 22.8 Å². The Morgan fingerprint density at radius 1 is 1.34 bits per heavy atom. The number of aromatic nitrogens is 3. The van der Waals surface area contributed by atoms with E-state index in [1.54, 1.807) is 25.1 Å². The topological polar surface area (TPSA) is 112 Å². The minimum Gasteiger partial charge on any atom is -0.495 e. The number of nitro benzene ring substituents is 1. The molecular weight excluding hydrogens is 401 g/mol. The number of nitrogens with zero attached hydrogens (tertiary/aromatic N) is 4. The summed E-state index contributed by atoms with van der Waals surface area (Å²) < 4.78 is 20.7. The average Bonchev–Trinajstić information content (AvgIpc) is 3.16. The van der Waals surface area contributed by atoms with Gasteiger partial charge in [0.1, 0.15) is 17.9 Å². The number of para-hydroxylation sites is 1. The SMILES string of the molecule is COc1ccc([N+](=O)[O-])cc1NC(=O)[C@H](C)Sc1nncn1-c1ccccc1F. The fraction of sp³-hybridized carbons (Fsp3) is 0.167. The number of nitrogens with one attached hydrogen (secondary N) is 1. The molecule has 3 aromatic rings. The molecule has 29 heavy (non-hydrogen) atoms. The Morgan fingerprint density at radius 3 is 2.79 bits per heavy atom. The number of amides is 1. The van der Waals surface area contributed by atoms with Gasteiger partial charge in [-0.25, -0.2) is 4.39 Å². The standard InChI is InChI=1S/C18H16FN5O4S/c1-11(17(25)21-14-9-12(24(26)27)7-8-16(14)28-2)29-18-22-20-10-23(18)15-6-4-3-5-13(15)19/h3-11H,1-2H3,(H,21,25)/t11-/m0/s1. The van der Waals surface area contributed by atoms with E-state index in [1.807, 2.05) is 0 Å². The van der Waals surface area contributed by atoms with Crippen molar-refractivity contribution in [3.8, 4) is 11.4 Å². The van der Waals surface area contributed by atoms with Gasteiger partial charge in [-0.1, -0.05) is 23.9 Å². The molecule has 150 valence electrons. The van der Waals surface area contributed by atoms with Crippen LogP contribution in [0, 0.1) is 15.9 Å². The number of hydrogen-bond acceptors (Lipinski definition) is 7. The molecule has 0 unspecified atom stereocenters. The number of rotatable bonds is 7. The summed E-state index contributed by atoms with van der Waals surface area (Å²) in [5, 5.41) is 21.0. The largest absolute Gasteiger partial charge is 0.495 e. The third-order valence-electron chi connectivity index (χ3n) is 3.93. The normalized spacial score (nSPS) is 11.7. The zero-order valence-electron chi connectivity index (χ0n) is 15.4. The maximum atomic E-state index is 14.1. The number of hydrogen-bond donors (Lipinski definition) is 1. The molecule has 3 rings (SSSR count). The zero-order chi connectivity index (χ0) is 21.0. The van der Waals surface area contributed by atoms with E-state index in [0.29, 0.717) is 5.16 Å². The van der Waals surface area contributed by atoms with Crippen LogP contribution in [0.2, 0.25) is 0 Å². The summed E-state index contributed by atoms with van der Waals surface area (Å²) >= 11 is 1.07. The van der Waals surface area contributed by atoms with Gasteiger partial charge in [0, 0.05) is 12.1 Å². The quantitative estimate of drug-likeness (QED) is 0.356. The molecule has 0 saturated carbocycles. The number of non-ortho nitro benzene ring substituents is 1. The number of nitro groups is 1. The molecule has 1 N–H and O–H groups in total. The summed E-state index contributed by atoms with van der Waals surface area (Å²) in [5.74, 6) is -0.597. The number of benzene rings is 2. The molecule has 0 aliphatic rings. The van der Waals surface area contributed by atoms with Crippen molar-refractivity contribution in [2.45, 2.75) is 17.3 Å². The first-order chi connectivity index (χ1) is 13.9. The van der Waals surface area contributed by atoms with Crippen LogP contribution in [0.15, 0.2) is 53.9 Å². The van der Waals surface area contributed by atoms with Crippen molar-refractivity contribution in [3.63, 3.8) is 0 Å². The highest BCUT2D eigenvalue weighted by Crippen LogP contribution is 2.31. The first kappa shape index (κ1) is 20.3. The lowest BCUT2D eigenvalue weighted by molar-refractivity contribution is -0.384. The molecule has 0 saturated heterocycles. The first-order valence-electron chi connectivity index (χ1n) is 8.35. The van der Waals surface area contributed by atoms with E-state index < -0.39 is 21.9 Å². The number of anilines is 1. The van der Waals surface area contributed by atoms with Gasteiger partial charge in [-0.3, -0.25) is 19.5 Å². The number of ether oxygens (including phenoxy) is 1. The van der Waals surface area contributed by atoms with Gasteiger partial charge in [0.15, 0.2) is 5.16 Å². The lowest BCUT2D eigenvalue weighted by Gasteiger charge is -2.14. The summed E-state index contributed by atoms with van der Waals surface area (Å²) in [5.41, 5.74) is 0.253. The number of carbonyl (C=O) groups excluding carboxylic acids is 1. The van der Waals surface area contributed by atoms with E-state index in [1.165, 1.54) is 42.3 Å². The minimum atomic E-state index is -0.659. The molecule has 1 aromatic heterocycles. The van der Waals surface area contributed by atoms with Crippen LogP contribution in [0.25, 0.3) is 5.69 Å². The lowest BCUT2D eigenvalue weighted by atomic mass is 10.2. The molecule has 0 fully saturated rings. The first-order valence-corrected chi connectivity index (χ1v) is 9.23. The van der Waals surface area contributed by atoms with E-state index in [4.69, 9.17) is 4.74 Å². The van der Waals surface area contributed by atoms with Crippen LogP contribution < -0.4 is 10.1 Å². The second kappa shape index (κ2) is 8.69. The Bertz CT molecular complexity index is 1060. The average molecular weight is 417 g/mol. The summed E-state index contributed by atoms with van der Waals surface area (Å²) in [6.45, 7) is 1.63. The van der Waals surface area contributed by atoms with Crippen molar-refractivity contribution in [3.05, 3.63) is 64.7 Å². The summed E-state index contributed by atoms with van der Waals surface area (Å²) in [6.07, 6.45) is 1.36. The van der Waals surface area contributed by atoms with E-state index in [2.05, 4.69) is 15.5 Å². The van der Waals surface area contributed by atoms with Gasteiger partial charge in [0.25, 0.3) is 5.69 Å². The van der Waals surface area contributed by atoms with Gasteiger partial charge in [0.05, 0.1) is 28.7 Å². The molecule has 2 aromatic carbocycles. The van der Waals surface area contributed by atoms with Crippen LogP contribution >= 0.6 is 11.8 Å². The van der Waals surface area contributed by atoms with Crippen molar-refractivity contribution >= 4 is 29.0 Å². The fourth-order valence-corrected chi connectivity index (χ4v) is 3.31. The van der Waals surface area contributed by atoms with E-state index >= 15 is 0 Å². The van der Waals surface area contributed by atoms with Crippen LogP contribution in [0.5, 0.6) is 5.75 Å². The minimum absolute atomic E-state index is 0.176. The van der Waals surface area contributed by atoms with Crippen LogP contribution in [-0.4, -0.2) is 38.0 Å². The molecule has 1 heterocycles. The van der Waals surface area contributed by atoms with Gasteiger partial charge in [-0.05, 0) is 25.1 Å². The van der Waals surface area contributed by atoms with Gasteiger partial charge < -0.3 is 10.1 Å². The Kier molecular flexibility index (Phi) is 6.07. The van der Waals surface area contributed by atoms with E-state index in [9.17, 15) is 19.3 Å². The third kappa shape index (κ3) is 4.51. The Balaban J connectivity index is 1.78. The predicted octanol–water partition coefficient (Wildman–Crippen LogP) is 3.44. The highest BCUT2D eigenvalue weighted by Gasteiger charge is 2.21. The zero-order valence-corrected chi connectivity index (χ0v) is 16.2. The van der Waals surface area contributed by atoms with Crippen LogP contribution in [-0.2, 0) is 4.79 Å². The predicted molar refractivity (Wildman–Crippen MR) is 105 cm³/mol. The Labute approximate surface area is 169 Å². The summed E-state index contributed by atoms with van der Waals surface area (Å²) in [7, 11) is 1.39. The van der Waals surface area contributed by atoms with Crippen molar-refractivity contribution in [1.29, 1.82) is 0 Å². The van der Waals surface area contributed by atoms with Gasteiger partial charge >= 0.3 is 0 Å². The van der Waals surface area contributed by atoms with E-state index in [0.717, 1.165) is 11.8 Å². The summed E-state index contributed by atoms with van der Waals surface area (Å²) in [4.78, 5) is 23.0. The highest BCUT2D eigenvalue weighted by molar-refractivity contribution is 8.00. The molecule has 0 radical (unpaired) electrons. The van der Waals surface area contributed by atoms with Crippen molar-refractivity contribution in [2.75, 3.05) is 12.4 Å². The van der Waals surface area contributed by atoms with Crippen LogP contribution in [0.3, 0.4) is 0 Å². The van der Waals surface area contributed by atoms with Gasteiger partial charge in [-0.2, -0.15) is 0 Å². The second-order valence-corrected chi connectivity index (χ2v) is 7.13. The van der Waals surface area contributed by atoms with Crippen LogP contribution in [0.4, 0.5) is 15.8 Å². The van der Waals surface area contributed by atoms with Crippen molar-refractivity contribution in [1.82, 2.24) is 14.8 Å². The molecule has 0 bridgehead atoms. The Hall–Kier alpha value is -3.47. The summed E-state index contributed by atoms with van der Waals surface area (Å²) in [6, 6.07) is 10.0. The molecule has 0 aliphatic carbocycles. The molecule has 1 amide bonds. The number of methoxy groups -OCH3 is 1. The fourth-order valence-electron chi connectivity index (χ4n) is 2.47. The highest BCUT2D eigenvalue weighted by atomic mass is 32.2. The van der Waals surface area contributed by atoms with Crippen LogP contribution in [0.1, 0.15) is 6.92 Å². The molecule has 0 spiro atoms. The number of carbonyl (C=O) groups is 1. The van der Waals surface area contributed by atoms with Crippen molar-refractivity contribution in [2.24, 2.45) is 0 Å². The second-order valence-electron chi connectivity index (χ2n) is 5.83. The van der Waals surface area contributed by atoms with Crippen molar-refractivity contribution < 1.29 is 18.8 Å². The smallest absolute Gasteiger partial charge is 0.271 e. The molecule has 0 aliphatic heterocycles. The lowest BCUT2D eigenvalue weighted by Crippen LogP contribution is -2.23. The maximum Gasteiger partial charge on any atom is 0.271 e. The molecule has 9 nitrogen and oxygen atoms in total. The number of halogens is 1. The van der Waals surface area contributed by atoms with Gasteiger partial charge in [0.2, 0.25) is 5.91 Å². The maximum absolute atomic E-state index is 14.1. The Morgan fingerprint density at radius 2 is 2.10 bits per heavy atom. The molecule has 11 heteroatoms. The monoisotopic (exact) mass is 417 g/mol. The number of thioether (sulfide) groups is 1. The van der Waals surface area contributed by atoms with Gasteiger partial charge in [-0.15, -0.1) is 10.2 Å². The molecular formula is C18H16FN5O4S. The third-order valence-corrected chi connectivity index (χ3v) is 4.99.